The van der Waals surface area contributed by atoms with E-state index < -0.39 is 0 Å². The summed E-state index contributed by atoms with van der Waals surface area (Å²) in [6, 6.07) is 11.2. The van der Waals surface area contributed by atoms with Gasteiger partial charge in [-0.1, -0.05) is 29.8 Å². The van der Waals surface area contributed by atoms with Crippen molar-refractivity contribution in [2.24, 2.45) is 0 Å². The van der Waals surface area contributed by atoms with Gasteiger partial charge in [0.1, 0.15) is 5.52 Å². The number of H-pyrrole nitrogens is 1. The zero-order valence-corrected chi connectivity index (χ0v) is 12.2. The molecule has 4 nitrogen and oxygen atoms in total. The Morgan fingerprint density at radius 3 is 2.81 bits per heavy atom. The molecule has 3 aromatic heterocycles. The average Bonchev–Trinajstić information content (AvgIpc) is 3.12. The number of ketones is 1. The lowest BCUT2D eigenvalue weighted by Gasteiger charge is -1.96. The number of nitrogens with zero attached hydrogens (tertiary/aromatic N) is 2. The van der Waals surface area contributed by atoms with Crippen molar-refractivity contribution in [1.82, 2.24) is 15.0 Å². The molecule has 0 atom stereocenters. The molecule has 1 aromatic carbocycles. The molecule has 0 bridgehead atoms. The fourth-order valence-corrected chi connectivity index (χ4v) is 3.26. The van der Waals surface area contributed by atoms with Crippen LogP contribution in [0.15, 0.2) is 42.6 Å². The van der Waals surface area contributed by atoms with Crippen LogP contribution in [0.5, 0.6) is 0 Å². The second kappa shape index (κ2) is 4.65. The Morgan fingerprint density at radius 2 is 2.00 bits per heavy atom. The summed E-state index contributed by atoms with van der Waals surface area (Å²) < 4.78 is 0.585. The van der Waals surface area contributed by atoms with E-state index in [1.807, 2.05) is 24.3 Å². The van der Waals surface area contributed by atoms with E-state index in [-0.39, 0.29) is 5.78 Å². The summed E-state index contributed by atoms with van der Waals surface area (Å²) in [7, 11) is 0. The van der Waals surface area contributed by atoms with E-state index in [0.717, 1.165) is 16.4 Å². The number of fused-ring (bicyclic) bond motifs is 3. The lowest BCUT2D eigenvalue weighted by molar-refractivity contribution is 0.103. The Bertz CT molecular complexity index is 989. The van der Waals surface area contributed by atoms with Crippen molar-refractivity contribution >= 4 is 50.7 Å². The van der Waals surface area contributed by atoms with Crippen LogP contribution in [0.4, 0.5) is 0 Å². The van der Waals surface area contributed by atoms with Gasteiger partial charge in [-0.25, -0.2) is 4.98 Å². The van der Waals surface area contributed by atoms with E-state index in [4.69, 9.17) is 11.6 Å². The Hall–Kier alpha value is -2.24. The van der Waals surface area contributed by atoms with E-state index in [0.29, 0.717) is 20.6 Å². The third-order valence-electron chi connectivity index (χ3n) is 3.24. The van der Waals surface area contributed by atoms with Crippen LogP contribution in [0, 0.1) is 0 Å². The second-order valence-corrected chi connectivity index (χ2v) is 6.27. The zero-order valence-electron chi connectivity index (χ0n) is 10.6. The number of halogens is 1. The maximum Gasteiger partial charge on any atom is 0.238 e. The van der Waals surface area contributed by atoms with Crippen molar-refractivity contribution in [3.05, 3.63) is 57.6 Å². The van der Waals surface area contributed by atoms with E-state index in [1.165, 1.54) is 11.3 Å². The van der Waals surface area contributed by atoms with Crippen LogP contribution < -0.4 is 0 Å². The molecule has 0 amide bonds. The smallest absolute Gasteiger partial charge is 0.238 e. The van der Waals surface area contributed by atoms with Gasteiger partial charge in [0.2, 0.25) is 5.78 Å². The molecule has 0 aliphatic heterocycles. The van der Waals surface area contributed by atoms with Crippen LogP contribution >= 0.6 is 22.9 Å². The predicted octanol–water partition coefficient (Wildman–Crippen LogP) is 4.06. The van der Waals surface area contributed by atoms with E-state index in [9.17, 15) is 4.79 Å². The van der Waals surface area contributed by atoms with E-state index in [2.05, 4.69) is 15.0 Å². The molecular formula is C15H8ClN3OS. The Balaban J connectivity index is 1.91. The number of hydrogen-bond donors (Lipinski definition) is 1. The summed E-state index contributed by atoms with van der Waals surface area (Å²) in [6.45, 7) is 0. The molecule has 0 fully saturated rings. The number of nitrogens with one attached hydrogen (secondary N) is 1. The molecule has 4 aromatic rings. The SMILES string of the molecule is O=C(c1nc2cnc3ccccc3c2[nH]1)c1ccc(Cl)s1. The molecule has 21 heavy (non-hydrogen) atoms. The monoisotopic (exact) mass is 313 g/mol. The summed E-state index contributed by atoms with van der Waals surface area (Å²) >= 11 is 7.12. The number of para-hydroxylation sites is 1. The maximum absolute atomic E-state index is 12.4. The van der Waals surface area contributed by atoms with Crippen LogP contribution in [0.3, 0.4) is 0 Å². The number of thiophene rings is 1. The van der Waals surface area contributed by atoms with Crippen LogP contribution in [0.1, 0.15) is 15.5 Å². The molecule has 0 saturated carbocycles. The van der Waals surface area contributed by atoms with Crippen LogP contribution in [0.25, 0.3) is 21.9 Å². The Morgan fingerprint density at radius 1 is 1.14 bits per heavy atom. The summed E-state index contributed by atoms with van der Waals surface area (Å²) in [6.07, 6.45) is 1.67. The zero-order chi connectivity index (χ0) is 14.4. The number of aromatic amines is 1. The lowest BCUT2D eigenvalue weighted by atomic mass is 10.2. The normalized spacial score (nSPS) is 11.3. The summed E-state index contributed by atoms with van der Waals surface area (Å²) in [4.78, 5) is 24.8. The molecule has 1 N–H and O–H groups in total. The molecule has 102 valence electrons. The third kappa shape index (κ3) is 2.02. The van der Waals surface area contributed by atoms with Gasteiger partial charge in [-0.2, -0.15) is 0 Å². The molecule has 0 spiro atoms. The lowest BCUT2D eigenvalue weighted by Crippen LogP contribution is -2.00. The van der Waals surface area contributed by atoms with Gasteiger partial charge >= 0.3 is 0 Å². The molecule has 0 radical (unpaired) electrons. The van der Waals surface area contributed by atoms with Crippen LogP contribution in [-0.4, -0.2) is 20.7 Å². The topological polar surface area (TPSA) is 58.6 Å². The van der Waals surface area contributed by atoms with Crippen molar-refractivity contribution in [2.75, 3.05) is 0 Å². The summed E-state index contributed by atoms with van der Waals surface area (Å²) in [5, 5.41) is 0.950. The molecule has 6 heteroatoms. The van der Waals surface area contributed by atoms with Gasteiger partial charge in [0.25, 0.3) is 0 Å². The standard InChI is InChI=1S/C15H8ClN3OS/c16-12-6-5-11(21-12)14(20)15-18-10-7-17-9-4-2-1-3-8(9)13(10)19-15/h1-7H,(H,18,19). The average molecular weight is 314 g/mol. The molecule has 3 heterocycles. The number of imidazole rings is 1. The minimum atomic E-state index is -0.160. The maximum atomic E-state index is 12.4. The van der Waals surface area contributed by atoms with E-state index in [1.54, 1.807) is 18.3 Å². The number of rotatable bonds is 2. The van der Waals surface area contributed by atoms with Gasteiger partial charge in [-0.15, -0.1) is 11.3 Å². The number of carbonyl (C=O) groups is 1. The van der Waals surface area contributed by atoms with Gasteiger partial charge in [0.15, 0.2) is 5.82 Å². The summed E-state index contributed by atoms with van der Waals surface area (Å²) in [5.41, 5.74) is 2.37. The quantitative estimate of drug-likeness (QED) is 0.568. The summed E-state index contributed by atoms with van der Waals surface area (Å²) in [5.74, 6) is 0.147. The number of hydrogen-bond acceptors (Lipinski definition) is 4. The second-order valence-electron chi connectivity index (χ2n) is 4.55. The van der Waals surface area contributed by atoms with Crippen molar-refractivity contribution in [3.8, 4) is 0 Å². The van der Waals surface area contributed by atoms with Crippen LogP contribution in [0.2, 0.25) is 4.34 Å². The molecule has 0 aliphatic rings. The highest BCUT2D eigenvalue weighted by molar-refractivity contribution is 7.18. The first kappa shape index (κ1) is 12.5. The highest BCUT2D eigenvalue weighted by Gasteiger charge is 2.17. The molecule has 0 unspecified atom stereocenters. The van der Waals surface area contributed by atoms with Gasteiger partial charge < -0.3 is 4.98 Å². The first-order valence-corrected chi connectivity index (χ1v) is 7.45. The number of aromatic nitrogens is 3. The minimum Gasteiger partial charge on any atom is -0.335 e. The minimum absolute atomic E-state index is 0.160. The highest BCUT2D eigenvalue weighted by atomic mass is 35.5. The fraction of sp³-hybridized carbons (Fsp3) is 0. The van der Waals surface area contributed by atoms with Crippen molar-refractivity contribution in [1.29, 1.82) is 0 Å². The predicted molar refractivity (Wildman–Crippen MR) is 84.2 cm³/mol. The molecular weight excluding hydrogens is 306 g/mol. The van der Waals surface area contributed by atoms with Crippen molar-refractivity contribution in [2.45, 2.75) is 0 Å². The first-order valence-electron chi connectivity index (χ1n) is 6.26. The number of carbonyl (C=O) groups excluding carboxylic acids is 1. The third-order valence-corrected chi connectivity index (χ3v) is 4.47. The Labute approximate surface area is 128 Å². The van der Waals surface area contributed by atoms with Gasteiger partial charge in [-0.3, -0.25) is 9.78 Å². The molecule has 0 aliphatic carbocycles. The highest BCUT2D eigenvalue weighted by Crippen LogP contribution is 2.25. The van der Waals surface area contributed by atoms with Gasteiger partial charge in [0, 0.05) is 5.39 Å². The first-order chi connectivity index (χ1) is 10.2. The van der Waals surface area contributed by atoms with E-state index >= 15 is 0 Å². The molecule has 0 saturated heterocycles. The number of pyridine rings is 1. The Kier molecular flexibility index (Phi) is 2.77. The van der Waals surface area contributed by atoms with Gasteiger partial charge in [0.05, 0.1) is 26.4 Å². The van der Waals surface area contributed by atoms with Crippen molar-refractivity contribution in [3.63, 3.8) is 0 Å². The van der Waals surface area contributed by atoms with Crippen LogP contribution in [-0.2, 0) is 0 Å². The largest absolute Gasteiger partial charge is 0.335 e. The number of benzene rings is 1. The fourth-order valence-electron chi connectivity index (χ4n) is 2.27. The van der Waals surface area contributed by atoms with Crippen molar-refractivity contribution < 1.29 is 4.79 Å². The molecule has 4 rings (SSSR count). The van der Waals surface area contributed by atoms with Gasteiger partial charge in [-0.05, 0) is 18.2 Å².